The summed E-state index contributed by atoms with van der Waals surface area (Å²) in [5.74, 6) is 1.76. The summed E-state index contributed by atoms with van der Waals surface area (Å²) >= 11 is 0. The molecule has 2 heteroatoms. The molecule has 1 aliphatic rings. The van der Waals surface area contributed by atoms with Crippen molar-refractivity contribution in [1.29, 1.82) is 0 Å². The highest BCUT2D eigenvalue weighted by molar-refractivity contribution is 5.69. The summed E-state index contributed by atoms with van der Waals surface area (Å²) in [6.45, 7) is 4.75. The van der Waals surface area contributed by atoms with Gasteiger partial charge in [-0.25, -0.2) is 0 Å². The molecule has 0 heterocycles. The van der Waals surface area contributed by atoms with E-state index >= 15 is 0 Å². The van der Waals surface area contributed by atoms with Crippen molar-refractivity contribution in [2.75, 3.05) is 24.3 Å². The summed E-state index contributed by atoms with van der Waals surface area (Å²) in [7, 11) is 4.23. The van der Waals surface area contributed by atoms with E-state index in [1.54, 1.807) is 0 Å². The maximum absolute atomic E-state index is 3.79. The fraction of sp³-hybridized carbons (Fsp3) is 0.667. The van der Waals surface area contributed by atoms with Crippen LogP contribution in [0.1, 0.15) is 46.0 Å². The molecule has 20 heavy (non-hydrogen) atoms. The van der Waals surface area contributed by atoms with E-state index in [-0.39, 0.29) is 0 Å². The second kappa shape index (κ2) is 7.01. The Hall–Kier alpha value is -1.18. The summed E-state index contributed by atoms with van der Waals surface area (Å²) in [5, 5.41) is 3.79. The van der Waals surface area contributed by atoms with Crippen LogP contribution in [0.25, 0.3) is 0 Å². The van der Waals surface area contributed by atoms with Crippen molar-refractivity contribution >= 4 is 11.4 Å². The Kier molecular flexibility index (Phi) is 5.33. The molecule has 1 aliphatic carbocycles. The second-order valence-electron chi connectivity index (χ2n) is 6.77. The third kappa shape index (κ3) is 3.91. The highest BCUT2D eigenvalue weighted by Crippen LogP contribution is 2.32. The summed E-state index contributed by atoms with van der Waals surface area (Å²) < 4.78 is 0. The van der Waals surface area contributed by atoms with Crippen molar-refractivity contribution in [1.82, 2.24) is 0 Å². The fourth-order valence-corrected chi connectivity index (χ4v) is 3.35. The minimum Gasteiger partial charge on any atom is -0.381 e. The number of para-hydroxylation sites is 2. The Bertz CT molecular complexity index is 412. The molecule has 0 bridgehead atoms. The van der Waals surface area contributed by atoms with E-state index in [1.165, 1.54) is 43.5 Å². The standard InChI is InChI=1S/C18H30N2/c1-14(2)15-8-7-9-16(13-12-15)19-17-10-5-6-11-18(17)20(3)4/h5-6,10-11,14-16,19H,7-9,12-13H2,1-4H3. The molecule has 1 saturated carbocycles. The van der Waals surface area contributed by atoms with Crippen LogP contribution in [0.5, 0.6) is 0 Å². The SMILES string of the molecule is CC(C)C1CCCC(Nc2ccccc2N(C)C)CC1. The van der Waals surface area contributed by atoms with Gasteiger partial charge in [0.15, 0.2) is 0 Å². The molecule has 1 aromatic carbocycles. The molecule has 1 N–H and O–H groups in total. The molecule has 2 nitrogen and oxygen atoms in total. The number of hydrogen-bond donors (Lipinski definition) is 1. The lowest BCUT2D eigenvalue weighted by Gasteiger charge is -2.23. The minimum atomic E-state index is 0.639. The number of rotatable bonds is 4. The van der Waals surface area contributed by atoms with E-state index in [0.717, 1.165) is 11.8 Å². The predicted molar refractivity (Wildman–Crippen MR) is 89.6 cm³/mol. The first kappa shape index (κ1) is 15.2. The second-order valence-corrected chi connectivity index (χ2v) is 6.77. The smallest absolute Gasteiger partial charge is 0.0596 e. The van der Waals surface area contributed by atoms with Gasteiger partial charge in [-0.15, -0.1) is 0 Å². The number of anilines is 2. The van der Waals surface area contributed by atoms with Crippen LogP contribution in [0.2, 0.25) is 0 Å². The first-order valence-electron chi connectivity index (χ1n) is 8.11. The Morgan fingerprint density at radius 1 is 1.05 bits per heavy atom. The van der Waals surface area contributed by atoms with Crippen molar-refractivity contribution in [3.05, 3.63) is 24.3 Å². The van der Waals surface area contributed by atoms with E-state index < -0.39 is 0 Å². The lowest BCUT2D eigenvalue weighted by molar-refractivity contribution is 0.341. The summed E-state index contributed by atoms with van der Waals surface area (Å²) in [6, 6.07) is 9.28. The summed E-state index contributed by atoms with van der Waals surface area (Å²) in [4.78, 5) is 2.19. The third-order valence-electron chi connectivity index (χ3n) is 4.70. The quantitative estimate of drug-likeness (QED) is 0.796. The Morgan fingerprint density at radius 3 is 2.50 bits per heavy atom. The van der Waals surface area contributed by atoms with Crippen LogP contribution >= 0.6 is 0 Å². The van der Waals surface area contributed by atoms with Crippen LogP contribution in [0.15, 0.2) is 24.3 Å². The van der Waals surface area contributed by atoms with Gasteiger partial charge in [0.25, 0.3) is 0 Å². The highest BCUT2D eigenvalue weighted by Gasteiger charge is 2.21. The van der Waals surface area contributed by atoms with Crippen LogP contribution < -0.4 is 10.2 Å². The molecule has 0 radical (unpaired) electrons. The van der Waals surface area contributed by atoms with Crippen molar-refractivity contribution in [3.8, 4) is 0 Å². The first-order chi connectivity index (χ1) is 9.58. The van der Waals surface area contributed by atoms with Gasteiger partial charge in [0, 0.05) is 20.1 Å². The Labute approximate surface area is 124 Å². The van der Waals surface area contributed by atoms with Gasteiger partial charge >= 0.3 is 0 Å². The summed E-state index contributed by atoms with van der Waals surface area (Å²) in [6.07, 6.45) is 6.77. The van der Waals surface area contributed by atoms with Crippen LogP contribution in [0.4, 0.5) is 11.4 Å². The maximum atomic E-state index is 3.79. The van der Waals surface area contributed by atoms with Gasteiger partial charge in [0.2, 0.25) is 0 Å². The third-order valence-corrected chi connectivity index (χ3v) is 4.70. The zero-order valence-corrected chi connectivity index (χ0v) is 13.5. The molecule has 2 unspecified atom stereocenters. The van der Waals surface area contributed by atoms with E-state index in [4.69, 9.17) is 0 Å². The van der Waals surface area contributed by atoms with Crippen molar-refractivity contribution in [2.24, 2.45) is 11.8 Å². The van der Waals surface area contributed by atoms with Crippen LogP contribution in [-0.2, 0) is 0 Å². The molecule has 0 aliphatic heterocycles. The highest BCUT2D eigenvalue weighted by atomic mass is 15.1. The molecule has 1 fully saturated rings. The van der Waals surface area contributed by atoms with Gasteiger partial charge < -0.3 is 10.2 Å². The normalized spacial score (nSPS) is 23.4. The molecule has 0 spiro atoms. The molecule has 2 atom stereocenters. The van der Waals surface area contributed by atoms with E-state index in [2.05, 4.69) is 62.4 Å². The molecular formula is C18H30N2. The number of benzene rings is 1. The van der Waals surface area contributed by atoms with Crippen LogP contribution in [0.3, 0.4) is 0 Å². The molecule has 0 amide bonds. The number of hydrogen-bond acceptors (Lipinski definition) is 2. The van der Waals surface area contributed by atoms with Crippen LogP contribution in [0, 0.1) is 11.8 Å². The zero-order valence-electron chi connectivity index (χ0n) is 13.5. The zero-order chi connectivity index (χ0) is 14.5. The average Bonchev–Trinajstić information content (AvgIpc) is 2.65. The topological polar surface area (TPSA) is 15.3 Å². The molecule has 1 aromatic rings. The first-order valence-corrected chi connectivity index (χ1v) is 8.11. The number of nitrogens with one attached hydrogen (secondary N) is 1. The van der Waals surface area contributed by atoms with Gasteiger partial charge in [0.1, 0.15) is 0 Å². The Morgan fingerprint density at radius 2 is 1.80 bits per heavy atom. The van der Waals surface area contributed by atoms with Crippen LogP contribution in [-0.4, -0.2) is 20.1 Å². The van der Waals surface area contributed by atoms with Crippen molar-refractivity contribution in [3.63, 3.8) is 0 Å². The molecule has 2 rings (SSSR count). The molecule has 0 saturated heterocycles. The van der Waals surface area contributed by atoms with Crippen molar-refractivity contribution < 1.29 is 0 Å². The van der Waals surface area contributed by atoms with E-state index in [9.17, 15) is 0 Å². The minimum absolute atomic E-state index is 0.639. The van der Waals surface area contributed by atoms with Gasteiger partial charge in [-0.3, -0.25) is 0 Å². The lowest BCUT2D eigenvalue weighted by atomic mass is 9.89. The molecule has 112 valence electrons. The van der Waals surface area contributed by atoms with Gasteiger partial charge in [-0.2, -0.15) is 0 Å². The predicted octanol–water partition coefficient (Wildman–Crippen LogP) is 4.77. The average molecular weight is 274 g/mol. The van der Waals surface area contributed by atoms with Gasteiger partial charge in [-0.1, -0.05) is 38.8 Å². The van der Waals surface area contributed by atoms with Gasteiger partial charge in [0.05, 0.1) is 11.4 Å². The fourth-order valence-electron chi connectivity index (χ4n) is 3.35. The molecular weight excluding hydrogens is 244 g/mol. The molecule has 0 aromatic heterocycles. The van der Waals surface area contributed by atoms with E-state index in [1.807, 2.05) is 0 Å². The van der Waals surface area contributed by atoms with Crippen molar-refractivity contribution in [2.45, 2.75) is 52.0 Å². The monoisotopic (exact) mass is 274 g/mol. The van der Waals surface area contributed by atoms with Gasteiger partial charge in [-0.05, 0) is 43.2 Å². The maximum Gasteiger partial charge on any atom is 0.0596 e. The Balaban J connectivity index is 2.00. The summed E-state index contributed by atoms with van der Waals surface area (Å²) in [5.41, 5.74) is 2.57. The van der Waals surface area contributed by atoms with E-state index in [0.29, 0.717) is 6.04 Å². The number of nitrogens with zero attached hydrogens (tertiary/aromatic N) is 1. The lowest BCUT2D eigenvalue weighted by Crippen LogP contribution is -2.21. The largest absolute Gasteiger partial charge is 0.381 e.